The third-order valence-electron chi connectivity index (χ3n) is 9.85. The zero-order valence-electron chi connectivity index (χ0n) is 32.4. The van der Waals surface area contributed by atoms with Crippen LogP contribution in [-0.4, -0.2) is 112 Å². The zero-order valence-corrected chi connectivity index (χ0v) is 32.4. The van der Waals surface area contributed by atoms with Crippen molar-refractivity contribution in [2.45, 2.75) is 64.1 Å². The first-order chi connectivity index (χ1) is 26.2. The van der Waals surface area contributed by atoms with Gasteiger partial charge in [0.2, 0.25) is 0 Å². The van der Waals surface area contributed by atoms with E-state index in [2.05, 4.69) is 71.4 Å². The van der Waals surface area contributed by atoms with Crippen LogP contribution < -0.4 is 4.74 Å². The lowest BCUT2D eigenvalue weighted by molar-refractivity contribution is -0.208. The first-order valence-corrected chi connectivity index (χ1v) is 19.3. The number of rotatable bonds is 16. The van der Waals surface area contributed by atoms with Crippen molar-refractivity contribution in [1.82, 2.24) is 14.9 Å². The van der Waals surface area contributed by atoms with Crippen molar-refractivity contribution in [1.29, 1.82) is 0 Å². The predicted octanol–water partition coefficient (Wildman–Crippen LogP) is 7.31. The number of likely N-dealkylation sites (N-methyl/N-ethyl adjacent to an activating group) is 1. The molecule has 2 fully saturated rings. The fraction of sp³-hybridized carbons (Fsp3) is 0.477. The number of hydrogen-bond donors (Lipinski definition) is 0. The van der Waals surface area contributed by atoms with Gasteiger partial charge in [-0.3, -0.25) is 4.90 Å². The second-order valence-electron chi connectivity index (χ2n) is 15.3. The second-order valence-corrected chi connectivity index (χ2v) is 15.3. The van der Waals surface area contributed by atoms with Gasteiger partial charge in [-0.25, -0.2) is 4.79 Å². The van der Waals surface area contributed by atoms with E-state index >= 15 is 0 Å². The summed E-state index contributed by atoms with van der Waals surface area (Å²) in [5.41, 5.74) is 2.64. The Balaban J connectivity index is 1.15. The third-order valence-corrected chi connectivity index (χ3v) is 9.85. The molecule has 290 valence electrons. The Morgan fingerprint density at radius 3 is 2.17 bits per heavy atom. The number of ether oxygens (including phenoxy) is 5. The summed E-state index contributed by atoms with van der Waals surface area (Å²) in [5.74, 6) is 0.672. The van der Waals surface area contributed by atoms with E-state index < -0.39 is 11.8 Å². The molecule has 54 heavy (non-hydrogen) atoms. The van der Waals surface area contributed by atoms with Crippen molar-refractivity contribution < 1.29 is 33.3 Å². The van der Waals surface area contributed by atoms with E-state index in [1.165, 1.54) is 5.39 Å². The van der Waals surface area contributed by atoms with Gasteiger partial charge in [-0.05, 0) is 73.5 Å². The van der Waals surface area contributed by atoms with Crippen molar-refractivity contribution in [3.05, 3.63) is 114 Å². The highest BCUT2D eigenvalue weighted by Crippen LogP contribution is 2.35. The van der Waals surface area contributed by atoms with Crippen molar-refractivity contribution in [3.63, 3.8) is 0 Å². The van der Waals surface area contributed by atoms with Gasteiger partial charge in [0, 0.05) is 45.1 Å². The van der Waals surface area contributed by atoms with Gasteiger partial charge in [-0.1, -0.05) is 78.9 Å². The van der Waals surface area contributed by atoms with Gasteiger partial charge in [0.05, 0.1) is 58.3 Å². The molecule has 0 bridgehead atoms. The predicted molar refractivity (Wildman–Crippen MR) is 210 cm³/mol. The summed E-state index contributed by atoms with van der Waals surface area (Å²) in [4.78, 5) is 23.5. The molecule has 2 aliphatic rings. The van der Waals surface area contributed by atoms with Crippen LogP contribution in [-0.2, 0) is 37.0 Å². The number of hydroxylamine groups is 2. The van der Waals surface area contributed by atoms with Gasteiger partial charge in [0.1, 0.15) is 11.4 Å². The standard InChI is InChI=1S/C44H57N3O7/c1-44(2,3)53-43(48)54-47-30-40(51-28-25-46-23-21-45(4)22-24-46)42(41(31-47)52-33-35-15-16-36-13-8-9-14-38(36)29-35)37-17-19-39(20-18-37)50-27-10-26-49-32-34-11-6-5-7-12-34/h5-9,11-20,29,40-42H,10,21-28,30-33H2,1-4H3. The largest absolute Gasteiger partial charge is 0.528 e. The number of benzene rings is 4. The Labute approximate surface area is 320 Å². The van der Waals surface area contributed by atoms with Crippen LogP contribution in [0.3, 0.4) is 0 Å². The van der Waals surface area contributed by atoms with Crippen molar-refractivity contribution >= 4 is 16.9 Å². The Morgan fingerprint density at radius 2 is 1.43 bits per heavy atom. The van der Waals surface area contributed by atoms with Crippen LogP contribution in [0, 0.1) is 0 Å². The van der Waals surface area contributed by atoms with Gasteiger partial charge in [-0.2, -0.15) is 0 Å². The fourth-order valence-electron chi connectivity index (χ4n) is 6.97. The average molecular weight is 740 g/mol. The minimum atomic E-state index is -0.739. The highest BCUT2D eigenvalue weighted by atomic mass is 16.8. The van der Waals surface area contributed by atoms with Crippen LogP contribution in [0.15, 0.2) is 97.1 Å². The Hall–Kier alpha value is -4.03. The minimum absolute atomic E-state index is 0.128. The molecule has 10 nitrogen and oxygen atoms in total. The summed E-state index contributed by atoms with van der Waals surface area (Å²) < 4.78 is 31.0. The molecule has 0 aromatic heterocycles. The Bertz CT molecular complexity index is 1720. The lowest BCUT2D eigenvalue weighted by Crippen LogP contribution is -2.54. The molecule has 0 aliphatic carbocycles. The number of carbonyl (C=O) groups excluding carboxylic acids is 1. The van der Waals surface area contributed by atoms with E-state index in [1.807, 2.05) is 63.2 Å². The summed E-state index contributed by atoms with van der Waals surface area (Å²) in [7, 11) is 2.16. The molecule has 0 N–H and O–H groups in total. The summed E-state index contributed by atoms with van der Waals surface area (Å²) in [5, 5.41) is 4.00. The molecule has 0 radical (unpaired) electrons. The summed E-state index contributed by atoms with van der Waals surface area (Å²) in [6.07, 6.45) is -0.616. The molecule has 2 saturated heterocycles. The van der Waals surface area contributed by atoms with Crippen LogP contribution >= 0.6 is 0 Å². The molecule has 4 aromatic carbocycles. The number of carbonyl (C=O) groups is 1. The highest BCUT2D eigenvalue weighted by molar-refractivity contribution is 5.82. The van der Waals surface area contributed by atoms with Crippen LogP contribution in [0.1, 0.15) is 49.8 Å². The van der Waals surface area contributed by atoms with Crippen molar-refractivity contribution in [2.75, 3.05) is 72.7 Å². The molecule has 10 heteroatoms. The minimum Gasteiger partial charge on any atom is -0.494 e. The number of fused-ring (bicyclic) bond motifs is 1. The molecule has 4 aromatic rings. The maximum Gasteiger partial charge on any atom is 0.528 e. The molecule has 0 amide bonds. The molecule has 3 unspecified atom stereocenters. The summed E-state index contributed by atoms with van der Waals surface area (Å²) in [6.45, 7) is 13.9. The van der Waals surface area contributed by atoms with E-state index in [0.717, 1.165) is 67.0 Å². The molecule has 0 saturated carbocycles. The number of piperidine rings is 1. The maximum atomic E-state index is 12.9. The summed E-state index contributed by atoms with van der Waals surface area (Å²) in [6, 6.07) is 33.2. The Morgan fingerprint density at radius 1 is 0.722 bits per heavy atom. The van der Waals surface area contributed by atoms with Crippen LogP contribution in [0.2, 0.25) is 0 Å². The van der Waals surface area contributed by atoms with Gasteiger partial charge < -0.3 is 33.4 Å². The zero-order chi connectivity index (χ0) is 37.8. The lowest BCUT2D eigenvalue weighted by Gasteiger charge is -2.42. The molecular formula is C44H57N3O7. The van der Waals surface area contributed by atoms with Crippen LogP contribution in [0.25, 0.3) is 10.8 Å². The number of piperazine rings is 1. The quantitative estimate of drug-likeness (QED) is 0.0863. The van der Waals surface area contributed by atoms with Gasteiger partial charge >= 0.3 is 6.16 Å². The van der Waals surface area contributed by atoms with Gasteiger partial charge in [0.15, 0.2) is 0 Å². The van der Waals surface area contributed by atoms with E-state index in [1.54, 1.807) is 5.06 Å². The van der Waals surface area contributed by atoms with E-state index in [0.29, 0.717) is 46.1 Å². The number of hydrogen-bond acceptors (Lipinski definition) is 10. The summed E-state index contributed by atoms with van der Waals surface area (Å²) >= 11 is 0. The fourth-order valence-corrected chi connectivity index (χ4v) is 6.97. The molecule has 6 rings (SSSR count). The maximum absolute atomic E-state index is 12.9. The molecular weight excluding hydrogens is 682 g/mol. The van der Waals surface area contributed by atoms with Crippen molar-refractivity contribution in [2.24, 2.45) is 0 Å². The van der Waals surface area contributed by atoms with E-state index in [-0.39, 0.29) is 18.1 Å². The van der Waals surface area contributed by atoms with Gasteiger partial charge in [0.25, 0.3) is 0 Å². The average Bonchev–Trinajstić information content (AvgIpc) is 3.16. The van der Waals surface area contributed by atoms with Crippen molar-refractivity contribution in [3.8, 4) is 5.75 Å². The van der Waals surface area contributed by atoms with Crippen LogP contribution in [0.5, 0.6) is 5.75 Å². The topological polar surface area (TPSA) is 82.2 Å². The highest BCUT2D eigenvalue weighted by Gasteiger charge is 2.41. The molecule has 3 atom stereocenters. The van der Waals surface area contributed by atoms with E-state index in [4.69, 9.17) is 28.5 Å². The first-order valence-electron chi connectivity index (χ1n) is 19.3. The normalized spacial score (nSPS) is 20.2. The molecule has 2 aliphatic heterocycles. The lowest BCUT2D eigenvalue weighted by atomic mass is 9.85. The van der Waals surface area contributed by atoms with Gasteiger partial charge in [-0.15, -0.1) is 5.06 Å². The second kappa shape index (κ2) is 19.5. The third kappa shape index (κ3) is 12.2. The van der Waals surface area contributed by atoms with E-state index in [9.17, 15) is 4.79 Å². The first kappa shape index (κ1) is 39.7. The van der Waals surface area contributed by atoms with Crippen LogP contribution in [0.4, 0.5) is 4.79 Å². The molecule has 0 spiro atoms. The monoisotopic (exact) mass is 739 g/mol. The number of nitrogens with zero attached hydrogens (tertiary/aromatic N) is 3. The molecule has 2 heterocycles. The smallest absolute Gasteiger partial charge is 0.494 e. The Kier molecular flexibility index (Phi) is 14.3. The SMILES string of the molecule is CN1CCN(CCOC2CN(OC(=O)OC(C)(C)C)CC(OCc3ccc4ccccc4c3)C2c2ccc(OCCCOCc3ccccc3)cc2)CC1.